The molecule has 0 atom stereocenters. The Morgan fingerprint density at radius 3 is 2.91 bits per heavy atom. The van der Waals surface area contributed by atoms with E-state index in [0.717, 1.165) is 56.6 Å². The van der Waals surface area contributed by atoms with Crippen molar-refractivity contribution < 1.29 is 9.26 Å². The molecule has 0 amide bonds. The summed E-state index contributed by atoms with van der Waals surface area (Å²) in [5.41, 5.74) is 0. The van der Waals surface area contributed by atoms with Gasteiger partial charge in [0.15, 0.2) is 5.82 Å². The van der Waals surface area contributed by atoms with E-state index in [0.29, 0.717) is 18.2 Å². The van der Waals surface area contributed by atoms with Crippen LogP contribution >= 0.6 is 0 Å². The Bertz CT molecular complexity index is 630. The van der Waals surface area contributed by atoms with Gasteiger partial charge < -0.3 is 13.8 Å². The first kappa shape index (κ1) is 13.9. The zero-order valence-electron chi connectivity index (χ0n) is 12.7. The van der Waals surface area contributed by atoms with Crippen molar-refractivity contribution in [2.75, 3.05) is 13.2 Å². The summed E-state index contributed by atoms with van der Waals surface area (Å²) in [7, 11) is 0. The van der Waals surface area contributed by atoms with Gasteiger partial charge in [0.05, 0.1) is 6.42 Å². The summed E-state index contributed by atoms with van der Waals surface area (Å²) in [6, 6.07) is 0. The first-order valence-electron chi connectivity index (χ1n) is 8.21. The number of hydrogen-bond acceptors (Lipinski definition) is 6. The molecule has 0 bridgehead atoms. The highest BCUT2D eigenvalue weighted by Gasteiger charge is 2.23. The fraction of sp³-hybridized carbons (Fsp3) is 0.733. The van der Waals surface area contributed by atoms with Crippen LogP contribution in [0.4, 0.5) is 0 Å². The third-order valence-corrected chi connectivity index (χ3v) is 4.56. The third kappa shape index (κ3) is 2.77. The molecule has 2 aliphatic heterocycles. The van der Waals surface area contributed by atoms with Crippen molar-refractivity contribution >= 4 is 0 Å². The zero-order chi connectivity index (χ0) is 14.8. The van der Waals surface area contributed by atoms with Crippen LogP contribution in [0.15, 0.2) is 4.52 Å². The maximum atomic E-state index is 5.45. The summed E-state index contributed by atoms with van der Waals surface area (Å²) in [5, 5.41) is 12.8. The van der Waals surface area contributed by atoms with Gasteiger partial charge in [-0.2, -0.15) is 4.98 Å². The molecule has 1 fully saturated rings. The van der Waals surface area contributed by atoms with Gasteiger partial charge in [0.25, 0.3) is 0 Å². The predicted octanol–water partition coefficient (Wildman–Crippen LogP) is 1.87. The Hall–Kier alpha value is -1.76. The fourth-order valence-electron chi connectivity index (χ4n) is 3.27. The average Bonchev–Trinajstić information content (AvgIpc) is 3.10. The molecular weight excluding hydrogens is 282 g/mol. The van der Waals surface area contributed by atoms with Gasteiger partial charge in [0, 0.05) is 32.1 Å². The van der Waals surface area contributed by atoms with Crippen molar-refractivity contribution in [2.24, 2.45) is 0 Å². The Balaban J connectivity index is 1.49. The molecule has 0 N–H and O–H groups in total. The molecular formula is C15H21N5O2. The lowest BCUT2D eigenvalue weighted by Crippen LogP contribution is -2.14. The van der Waals surface area contributed by atoms with Crippen LogP contribution in [0.2, 0.25) is 0 Å². The second-order valence-electron chi connectivity index (χ2n) is 6.11. The number of aryl methyl sites for hydroxylation is 1. The molecule has 0 aromatic carbocycles. The van der Waals surface area contributed by atoms with E-state index in [2.05, 4.69) is 24.9 Å². The number of fused-ring (bicyclic) bond motifs is 1. The molecule has 4 rings (SSSR count). The third-order valence-electron chi connectivity index (χ3n) is 4.56. The lowest BCUT2D eigenvalue weighted by molar-refractivity contribution is 0.0778. The number of nitrogens with zero attached hydrogens (tertiary/aromatic N) is 5. The SMILES string of the molecule is C1CCc2nnc(Cc3noc(C4CCOCC4)n3)n2CC1. The maximum Gasteiger partial charge on any atom is 0.229 e. The summed E-state index contributed by atoms with van der Waals surface area (Å²) < 4.78 is 13.1. The molecule has 118 valence electrons. The number of aromatic nitrogens is 5. The molecule has 2 aromatic heterocycles. The minimum absolute atomic E-state index is 0.338. The van der Waals surface area contributed by atoms with Crippen molar-refractivity contribution in [2.45, 2.75) is 57.4 Å². The quantitative estimate of drug-likeness (QED) is 0.861. The van der Waals surface area contributed by atoms with Crippen molar-refractivity contribution in [1.29, 1.82) is 0 Å². The molecule has 0 unspecified atom stereocenters. The summed E-state index contributed by atoms with van der Waals surface area (Å²) in [6.07, 6.45) is 7.20. The molecule has 2 aromatic rings. The van der Waals surface area contributed by atoms with Gasteiger partial charge in [-0.05, 0) is 25.7 Å². The normalized spacial score (nSPS) is 19.8. The first-order chi connectivity index (χ1) is 10.9. The summed E-state index contributed by atoms with van der Waals surface area (Å²) in [4.78, 5) is 4.57. The van der Waals surface area contributed by atoms with Crippen molar-refractivity contribution in [3.05, 3.63) is 23.4 Å². The fourth-order valence-corrected chi connectivity index (χ4v) is 3.27. The van der Waals surface area contributed by atoms with Gasteiger partial charge in [-0.15, -0.1) is 10.2 Å². The average molecular weight is 303 g/mol. The zero-order valence-corrected chi connectivity index (χ0v) is 12.7. The number of hydrogen-bond donors (Lipinski definition) is 0. The molecule has 22 heavy (non-hydrogen) atoms. The second-order valence-corrected chi connectivity index (χ2v) is 6.11. The van der Waals surface area contributed by atoms with Crippen LogP contribution in [0.25, 0.3) is 0 Å². The van der Waals surface area contributed by atoms with Crippen LogP contribution in [-0.2, 0) is 24.1 Å². The van der Waals surface area contributed by atoms with E-state index in [-0.39, 0.29) is 0 Å². The molecule has 0 aliphatic carbocycles. The van der Waals surface area contributed by atoms with Crippen LogP contribution in [0.1, 0.15) is 61.4 Å². The molecule has 4 heterocycles. The lowest BCUT2D eigenvalue weighted by atomic mass is 10.0. The van der Waals surface area contributed by atoms with Gasteiger partial charge in [-0.3, -0.25) is 0 Å². The predicted molar refractivity (Wildman–Crippen MR) is 77.5 cm³/mol. The summed E-state index contributed by atoms with van der Waals surface area (Å²) in [6.45, 7) is 2.56. The van der Waals surface area contributed by atoms with E-state index in [1.54, 1.807) is 0 Å². The monoisotopic (exact) mass is 303 g/mol. The van der Waals surface area contributed by atoms with E-state index < -0.39 is 0 Å². The van der Waals surface area contributed by atoms with Gasteiger partial charge in [0.2, 0.25) is 5.89 Å². The van der Waals surface area contributed by atoms with Crippen molar-refractivity contribution in [3.63, 3.8) is 0 Å². The van der Waals surface area contributed by atoms with E-state index in [1.165, 1.54) is 19.3 Å². The standard InChI is InChI=1S/C15H21N5O2/c1-2-4-13-17-18-14(20(13)7-3-1)10-12-16-15(22-19-12)11-5-8-21-9-6-11/h11H,1-10H2. The summed E-state index contributed by atoms with van der Waals surface area (Å²) >= 11 is 0. The molecule has 0 saturated carbocycles. The van der Waals surface area contributed by atoms with Crippen molar-refractivity contribution in [1.82, 2.24) is 24.9 Å². The van der Waals surface area contributed by atoms with Crippen LogP contribution in [0.3, 0.4) is 0 Å². The minimum atomic E-state index is 0.338. The smallest absolute Gasteiger partial charge is 0.229 e. The Kier molecular flexibility index (Phi) is 3.88. The van der Waals surface area contributed by atoms with Crippen LogP contribution in [-0.4, -0.2) is 38.1 Å². The van der Waals surface area contributed by atoms with Gasteiger partial charge in [-0.1, -0.05) is 11.6 Å². The largest absolute Gasteiger partial charge is 0.381 e. The molecule has 1 saturated heterocycles. The van der Waals surface area contributed by atoms with Crippen LogP contribution in [0.5, 0.6) is 0 Å². The highest BCUT2D eigenvalue weighted by Crippen LogP contribution is 2.25. The molecule has 7 nitrogen and oxygen atoms in total. The molecule has 2 aliphatic rings. The molecule has 7 heteroatoms. The van der Waals surface area contributed by atoms with E-state index in [4.69, 9.17) is 9.26 Å². The highest BCUT2D eigenvalue weighted by molar-refractivity contribution is 5.05. The molecule has 0 radical (unpaired) electrons. The highest BCUT2D eigenvalue weighted by atomic mass is 16.5. The number of ether oxygens (including phenoxy) is 1. The topological polar surface area (TPSA) is 78.9 Å². The Morgan fingerprint density at radius 1 is 1.09 bits per heavy atom. The molecule has 0 spiro atoms. The van der Waals surface area contributed by atoms with E-state index in [9.17, 15) is 0 Å². The van der Waals surface area contributed by atoms with Gasteiger partial charge >= 0.3 is 0 Å². The van der Waals surface area contributed by atoms with Crippen molar-refractivity contribution in [3.8, 4) is 0 Å². The Morgan fingerprint density at radius 2 is 2.00 bits per heavy atom. The van der Waals surface area contributed by atoms with Crippen LogP contribution < -0.4 is 0 Å². The minimum Gasteiger partial charge on any atom is -0.381 e. The number of rotatable bonds is 3. The first-order valence-corrected chi connectivity index (χ1v) is 8.21. The maximum absolute atomic E-state index is 5.45. The van der Waals surface area contributed by atoms with Gasteiger partial charge in [-0.25, -0.2) is 0 Å². The lowest BCUT2D eigenvalue weighted by Gasteiger charge is -2.17. The van der Waals surface area contributed by atoms with E-state index in [1.807, 2.05) is 0 Å². The summed E-state index contributed by atoms with van der Waals surface area (Å²) in [5.74, 6) is 3.84. The van der Waals surface area contributed by atoms with Crippen LogP contribution in [0, 0.1) is 0 Å². The van der Waals surface area contributed by atoms with E-state index >= 15 is 0 Å². The second kappa shape index (κ2) is 6.16. The Labute approximate surface area is 129 Å². The van der Waals surface area contributed by atoms with Gasteiger partial charge in [0.1, 0.15) is 11.6 Å².